The highest BCUT2D eigenvalue weighted by Crippen LogP contribution is 2.32. The second-order valence-corrected chi connectivity index (χ2v) is 5.64. The van der Waals surface area contributed by atoms with Crippen LogP contribution in [0.1, 0.15) is 25.7 Å². The zero-order chi connectivity index (χ0) is 10.7. The fourth-order valence-electron chi connectivity index (χ4n) is 1.79. The van der Waals surface area contributed by atoms with Gasteiger partial charge in [0.15, 0.2) is 0 Å². The van der Waals surface area contributed by atoms with Crippen LogP contribution in [0.5, 0.6) is 0 Å². The van der Waals surface area contributed by atoms with Gasteiger partial charge in [-0.05, 0) is 37.1 Å². The Morgan fingerprint density at radius 2 is 2.00 bits per heavy atom. The summed E-state index contributed by atoms with van der Waals surface area (Å²) in [6, 6.07) is 7.83. The van der Waals surface area contributed by atoms with Crippen molar-refractivity contribution in [2.24, 2.45) is 0 Å². The molecule has 0 unspecified atom stereocenters. The quantitative estimate of drug-likeness (QED) is 0.779. The van der Waals surface area contributed by atoms with Crippen LogP contribution in [-0.2, 0) is 4.79 Å². The van der Waals surface area contributed by atoms with Crippen LogP contribution in [0.15, 0.2) is 29.2 Å². The Kier molecular flexibility index (Phi) is 3.71. The van der Waals surface area contributed by atoms with Gasteiger partial charge in [-0.3, -0.25) is 4.79 Å². The van der Waals surface area contributed by atoms with E-state index < -0.39 is 0 Å². The molecule has 0 spiro atoms. The highest BCUT2D eigenvalue weighted by Gasteiger charge is 2.20. The molecule has 1 atom stereocenters. The van der Waals surface area contributed by atoms with Crippen LogP contribution < -0.4 is 0 Å². The summed E-state index contributed by atoms with van der Waals surface area (Å²) < 4.78 is 0. The van der Waals surface area contributed by atoms with Crippen molar-refractivity contribution in [3.63, 3.8) is 0 Å². The minimum atomic E-state index is 0.410. The van der Waals surface area contributed by atoms with E-state index in [1.54, 1.807) is 11.8 Å². The molecule has 0 N–H and O–H groups in total. The number of benzene rings is 1. The summed E-state index contributed by atoms with van der Waals surface area (Å²) in [6.45, 7) is 0. The molecular weight excluding hydrogens is 228 g/mol. The predicted octanol–water partition coefficient (Wildman–Crippen LogP) is 3.94. The van der Waals surface area contributed by atoms with Gasteiger partial charge >= 0.3 is 0 Å². The van der Waals surface area contributed by atoms with E-state index in [1.807, 2.05) is 24.3 Å². The molecule has 1 aliphatic carbocycles. The maximum Gasteiger partial charge on any atom is 0.134 e. The van der Waals surface area contributed by atoms with Crippen molar-refractivity contribution in [2.75, 3.05) is 0 Å². The smallest absolute Gasteiger partial charge is 0.134 e. The summed E-state index contributed by atoms with van der Waals surface area (Å²) in [5, 5.41) is 1.23. The third kappa shape index (κ3) is 3.25. The van der Waals surface area contributed by atoms with E-state index in [4.69, 9.17) is 11.6 Å². The number of carbonyl (C=O) groups excluding carboxylic acids is 1. The largest absolute Gasteiger partial charge is 0.300 e. The molecule has 2 rings (SSSR count). The van der Waals surface area contributed by atoms with Gasteiger partial charge in [0.05, 0.1) is 0 Å². The lowest BCUT2D eigenvalue weighted by atomic mass is 9.99. The van der Waals surface area contributed by atoms with Gasteiger partial charge in [0.1, 0.15) is 5.78 Å². The van der Waals surface area contributed by atoms with Gasteiger partial charge in [0.2, 0.25) is 0 Å². The van der Waals surface area contributed by atoms with Gasteiger partial charge in [-0.15, -0.1) is 11.8 Å². The van der Waals surface area contributed by atoms with Gasteiger partial charge in [-0.1, -0.05) is 11.6 Å². The number of thioether (sulfide) groups is 1. The molecule has 1 saturated carbocycles. The Labute approximate surface area is 99.2 Å². The summed E-state index contributed by atoms with van der Waals surface area (Å²) in [7, 11) is 0. The first-order chi connectivity index (χ1) is 7.24. The first-order valence-corrected chi connectivity index (χ1v) is 6.44. The normalized spacial score (nSPS) is 21.7. The summed E-state index contributed by atoms with van der Waals surface area (Å²) in [5.74, 6) is 0.410. The molecule has 1 aromatic rings. The van der Waals surface area contributed by atoms with E-state index in [2.05, 4.69) is 0 Å². The minimum Gasteiger partial charge on any atom is -0.300 e. The molecule has 0 amide bonds. The second kappa shape index (κ2) is 5.04. The number of hydrogen-bond donors (Lipinski definition) is 0. The molecule has 0 saturated heterocycles. The molecule has 0 radical (unpaired) electrons. The highest BCUT2D eigenvalue weighted by molar-refractivity contribution is 8.00. The molecule has 0 bridgehead atoms. The van der Waals surface area contributed by atoms with Crippen LogP contribution in [0.4, 0.5) is 0 Å². The average molecular weight is 241 g/mol. The molecule has 1 fully saturated rings. The third-order valence-corrected chi connectivity index (χ3v) is 4.09. The first kappa shape index (κ1) is 11.0. The fourth-order valence-corrected chi connectivity index (χ4v) is 3.15. The maximum atomic E-state index is 11.3. The van der Waals surface area contributed by atoms with Crippen molar-refractivity contribution < 1.29 is 4.79 Å². The van der Waals surface area contributed by atoms with E-state index in [-0.39, 0.29) is 0 Å². The molecule has 1 nitrogen and oxygen atoms in total. The predicted molar refractivity (Wildman–Crippen MR) is 64.6 cm³/mol. The van der Waals surface area contributed by atoms with Crippen molar-refractivity contribution in [2.45, 2.75) is 35.8 Å². The lowest BCUT2D eigenvalue weighted by molar-refractivity contribution is -0.120. The number of Topliss-reactive ketones (excluding diaryl/α,β-unsaturated/α-hetero) is 1. The van der Waals surface area contributed by atoms with E-state index in [0.29, 0.717) is 11.0 Å². The van der Waals surface area contributed by atoms with Crippen LogP contribution in [-0.4, -0.2) is 11.0 Å². The van der Waals surface area contributed by atoms with Crippen molar-refractivity contribution >= 4 is 29.1 Å². The van der Waals surface area contributed by atoms with Gasteiger partial charge in [-0.2, -0.15) is 0 Å². The Hall–Kier alpha value is -0.470. The van der Waals surface area contributed by atoms with Gasteiger partial charge in [0, 0.05) is 28.0 Å². The molecule has 1 aromatic carbocycles. The highest BCUT2D eigenvalue weighted by atomic mass is 35.5. The molecule has 80 valence electrons. The molecular formula is C12H13ClOS. The summed E-state index contributed by atoms with van der Waals surface area (Å²) in [6.07, 6.45) is 3.70. The maximum absolute atomic E-state index is 11.3. The molecule has 1 aliphatic rings. The average Bonchev–Trinajstić information content (AvgIpc) is 2.22. The van der Waals surface area contributed by atoms with Crippen molar-refractivity contribution in [3.8, 4) is 0 Å². The van der Waals surface area contributed by atoms with Crippen LogP contribution in [0.25, 0.3) is 0 Å². The number of halogens is 1. The van der Waals surface area contributed by atoms with Crippen molar-refractivity contribution in [1.29, 1.82) is 0 Å². The van der Waals surface area contributed by atoms with Gasteiger partial charge < -0.3 is 0 Å². The monoisotopic (exact) mass is 240 g/mol. The second-order valence-electron chi connectivity index (χ2n) is 3.83. The molecule has 15 heavy (non-hydrogen) atoms. The van der Waals surface area contributed by atoms with Crippen molar-refractivity contribution in [3.05, 3.63) is 29.3 Å². The zero-order valence-corrected chi connectivity index (χ0v) is 9.98. The lowest BCUT2D eigenvalue weighted by Gasteiger charge is -2.20. The molecule has 0 aromatic heterocycles. The summed E-state index contributed by atoms with van der Waals surface area (Å²) >= 11 is 7.61. The molecule has 3 heteroatoms. The van der Waals surface area contributed by atoms with Crippen LogP contribution in [0.3, 0.4) is 0 Å². The topological polar surface area (TPSA) is 17.1 Å². The SMILES string of the molecule is O=C1CCC[C@@H](Sc2ccc(Cl)cc2)C1. The number of ketones is 1. The fraction of sp³-hybridized carbons (Fsp3) is 0.417. The van der Waals surface area contributed by atoms with E-state index in [0.717, 1.165) is 30.7 Å². The first-order valence-electron chi connectivity index (χ1n) is 5.18. The van der Waals surface area contributed by atoms with Crippen molar-refractivity contribution in [1.82, 2.24) is 0 Å². The molecule has 0 aliphatic heterocycles. The Balaban J connectivity index is 1.96. The van der Waals surface area contributed by atoms with Gasteiger partial charge in [-0.25, -0.2) is 0 Å². The third-order valence-electron chi connectivity index (χ3n) is 2.55. The van der Waals surface area contributed by atoms with Crippen LogP contribution in [0.2, 0.25) is 5.02 Å². The minimum absolute atomic E-state index is 0.410. The van der Waals surface area contributed by atoms with Crippen LogP contribution in [0, 0.1) is 0 Å². The Morgan fingerprint density at radius 3 is 2.67 bits per heavy atom. The number of hydrogen-bond acceptors (Lipinski definition) is 2. The Bertz CT molecular complexity index is 347. The van der Waals surface area contributed by atoms with Crippen LogP contribution >= 0.6 is 23.4 Å². The summed E-state index contributed by atoms with van der Waals surface area (Å²) in [4.78, 5) is 12.5. The number of rotatable bonds is 2. The Morgan fingerprint density at radius 1 is 1.27 bits per heavy atom. The molecule has 0 heterocycles. The van der Waals surface area contributed by atoms with E-state index in [1.165, 1.54) is 4.90 Å². The summed E-state index contributed by atoms with van der Waals surface area (Å²) in [5.41, 5.74) is 0. The van der Waals surface area contributed by atoms with E-state index in [9.17, 15) is 4.79 Å². The van der Waals surface area contributed by atoms with Gasteiger partial charge in [0.25, 0.3) is 0 Å². The lowest BCUT2D eigenvalue weighted by Crippen LogP contribution is -2.16. The zero-order valence-electron chi connectivity index (χ0n) is 8.41. The standard InChI is InChI=1S/C12H13ClOS/c13-9-4-6-11(7-5-9)15-12-3-1-2-10(14)8-12/h4-7,12H,1-3,8H2/t12-/m1/s1. The number of carbonyl (C=O) groups is 1. The van der Waals surface area contributed by atoms with E-state index >= 15 is 0 Å².